The first-order valence-electron chi connectivity index (χ1n) is 11.0. The van der Waals surface area contributed by atoms with E-state index in [-0.39, 0.29) is 5.92 Å². The van der Waals surface area contributed by atoms with E-state index in [2.05, 4.69) is 19.1 Å². The van der Waals surface area contributed by atoms with Crippen LogP contribution in [-0.4, -0.2) is 23.3 Å². The average Bonchev–Trinajstić information content (AvgIpc) is 2.73. The van der Waals surface area contributed by atoms with Crippen LogP contribution in [-0.2, 0) is 9.53 Å². The Kier molecular flexibility index (Phi) is 10.1. The SMILES string of the molecule is CCCCCCCCCCCCOC1(C(=O)O)C=CC(c2ccccc2)C=C1. The van der Waals surface area contributed by atoms with Crippen LogP contribution in [0.4, 0.5) is 0 Å². The number of unbranched alkanes of at least 4 members (excludes halogenated alkanes) is 9. The van der Waals surface area contributed by atoms with Gasteiger partial charge in [0, 0.05) is 12.5 Å². The fourth-order valence-electron chi connectivity index (χ4n) is 3.64. The van der Waals surface area contributed by atoms with Gasteiger partial charge in [0.15, 0.2) is 0 Å². The summed E-state index contributed by atoms with van der Waals surface area (Å²) in [6.07, 6.45) is 19.8. The van der Waals surface area contributed by atoms with E-state index in [4.69, 9.17) is 4.74 Å². The fourth-order valence-corrected chi connectivity index (χ4v) is 3.64. The van der Waals surface area contributed by atoms with Gasteiger partial charge in [0.1, 0.15) is 0 Å². The van der Waals surface area contributed by atoms with Crippen molar-refractivity contribution in [2.24, 2.45) is 0 Å². The third kappa shape index (κ3) is 7.27. The molecule has 0 saturated heterocycles. The van der Waals surface area contributed by atoms with Gasteiger partial charge in [0.25, 0.3) is 0 Å². The molecular weight excluding hydrogens is 348 g/mol. The second-order valence-corrected chi connectivity index (χ2v) is 7.78. The van der Waals surface area contributed by atoms with Gasteiger partial charge in [0.05, 0.1) is 0 Å². The van der Waals surface area contributed by atoms with Gasteiger partial charge in [-0.15, -0.1) is 0 Å². The Hall–Kier alpha value is -1.87. The van der Waals surface area contributed by atoms with Crippen molar-refractivity contribution in [3.63, 3.8) is 0 Å². The molecule has 0 bridgehead atoms. The van der Waals surface area contributed by atoms with Crippen molar-refractivity contribution in [1.82, 2.24) is 0 Å². The van der Waals surface area contributed by atoms with Crippen molar-refractivity contribution < 1.29 is 14.6 Å². The summed E-state index contributed by atoms with van der Waals surface area (Å²) in [5.41, 5.74) is -0.159. The zero-order chi connectivity index (χ0) is 20.1. The van der Waals surface area contributed by atoms with E-state index in [0.717, 1.165) is 18.4 Å². The first-order chi connectivity index (χ1) is 13.7. The lowest BCUT2D eigenvalue weighted by molar-refractivity contribution is -0.154. The molecule has 1 aromatic carbocycles. The fraction of sp³-hybridized carbons (Fsp3) is 0.560. The van der Waals surface area contributed by atoms with E-state index < -0.39 is 11.6 Å². The highest BCUT2D eigenvalue weighted by molar-refractivity contribution is 5.83. The molecule has 3 heteroatoms. The van der Waals surface area contributed by atoms with Crippen LogP contribution in [0.1, 0.15) is 82.6 Å². The average molecular weight is 385 g/mol. The second-order valence-electron chi connectivity index (χ2n) is 7.78. The van der Waals surface area contributed by atoms with Crippen molar-refractivity contribution in [3.8, 4) is 0 Å². The molecule has 1 aliphatic rings. The normalized spacial score (nSPS) is 21.1. The Bertz CT molecular complexity index is 604. The van der Waals surface area contributed by atoms with Gasteiger partial charge in [-0.3, -0.25) is 0 Å². The van der Waals surface area contributed by atoms with Crippen molar-refractivity contribution in [3.05, 3.63) is 60.2 Å². The number of allylic oxidation sites excluding steroid dienone is 2. The molecule has 0 atom stereocenters. The van der Waals surface area contributed by atoms with Gasteiger partial charge in [0.2, 0.25) is 5.60 Å². The number of ether oxygens (including phenoxy) is 1. The van der Waals surface area contributed by atoms with E-state index in [9.17, 15) is 9.90 Å². The molecule has 0 unspecified atom stereocenters. The molecule has 28 heavy (non-hydrogen) atoms. The molecule has 0 heterocycles. The first-order valence-corrected chi connectivity index (χ1v) is 11.0. The maximum Gasteiger partial charge on any atom is 0.344 e. The Labute approximate surface area is 170 Å². The van der Waals surface area contributed by atoms with Gasteiger partial charge in [-0.1, -0.05) is 107 Å². The van der Waals surface area contributed by atoms with Gasteiger partial charge >= 0.3 is 5.97 Å². The predicted octanol–water partition coefficient (Wildman–Crippen LogP) is 6.66. The summed E-state index contributed by atoms with van der Waals surface area (Å²) in [4.78, 5) is 11.8. The molecule has 2 rings (SSSR count). The molecule has 1 aromatic rings. The van der Waals surface area contributed by atoms with Crippen molar-refractivity contribution in [1.29, 1.82) is 0 Å². The molecule has 0 aromatic heterocycles. The van der Waals surface area contributed by atoms with Gasteiger partial charge < -0.3 is 9.84 Å². The summed E-state index contributed by atoms with van der Waals surface area (Å²) in [6.45, 7) is 2.73. The summed E-state index contributed by atoms with van der Waals surface area (Å²) in [7, 11) is 0. The highest BCUT2D eigenvalue weighted by atomic mass is 16.5. The summed E-state index contributed by atoms with van der Waals surface area (Å²) < 4.78 is 5.82. The highest BCUT2D eigenvalue weighted by Crippen LogP contribution is 2.29. The van der Waals surface area contributed by atoms with Gasteiger partial charge in [-0.05, 0) is 24.1 Å². The summed E-state index contributed by atoms with van der Waals surface area (Å²) in [5.74, 6) is -0.840. The van der Waals surface area contributed by atoms with Crippen LogP contribution in [0.5, 0.6) is 0 Å². The molecule has 0 saturated carbocycles. The van der Waals surface area contributed by atoms with Crippen molar-refractivity contribution in [2.45, 2.75) is 82.7 Å². The predicted molar refractivity (Wildman–Crippen MR) is 116 cm³/mol. The van der Waals surface area contributed by atoms with Crippen LogP contribution in [0.25, 0.3) is 0 Å². The summed E-state index contributed by atoms with van der Waals surface area (Å²) in [5, 5.41) is 9.68. The van der Waals surface area contributed by atoms with Crippen molar-refractivity contribution in [2.75, 3.05) is 6.61 Å². The minimum Gasteiger partial charge on any atom is -0.479 e. The lowest BCUT2D eigenvalue weighted by Gasteiger charge is -2.27. The zero-order valence-corrected chi connectivity index (χ0v) is 17.3. The van der Waals surface area contributed by atoms with Crippen LogP contribution in [0, 0.1) is 0 Å². The second kappa shape index (κ2) is 12.6. The maximum atomic E-state index is 11.8. The third-order valence-electron chi connectivity index (χ3n) is 5.46. The summed E-state index contributed by atoms with van der Waals surface area (Å²) in [6, 6.07) is 10.1. The lowest BCUT2D eigenvalue weighted by Crippen LogP contribution is -2.39. The van der Waals surface area contributed by atoms with E-state index in [1.165, 1.54) is 51.4 Å². The van der Waals surface area contributed by atoms with E-state index in [1.807, 2.05) is 30.4 Å². The van der Waals surface area contributed by atoms with Crippen LogP contribution < -0.4 is 0 Å². The number of hydrogen-bond donors (Lipinski definition) is 1. The zero-order valence-electron chi connectivity index (χ0n) is 17.3. The van der Waals surface area contributed by atoms with Gasteiger partial charge in [-0.25, -0.2) is 4.79 Å². The Balaban J connectivity index is 1.66. The molecule has 0 amide bonds. The van der Waals surface area contributed by atoms with E-state index >= 15 is 0 Å². The Morgan fingerprint density at radius 3 is 1.96 bits per heavy atom. The Morgan fingerprint density at radius 1 is 0.893 bits per heavy atom. The van der Waals surface area contributed by atoms with Crippen LogP contribution in [0.15, 0.2) is 54.6 Å². The molecule has 1 aliphatic carbocycles. The van der Waals surface area contributed by atoms with E-state index in [1.54, 1.807) is 12.2 Å². The smallest absolute Gasteiger partial charge is 0.344 e. The molecule has 3 nitrogen and oxygen atoms in total. The number of carboxylic acids is 1. The molecule has 0 aliphatic heterocycles. The molecule has 1 N–H and O–H groups in total. The third-order valence-corrected chi connectivity index (χ3v) is 5.46. The minimum absolute atomic E-state index is 0.106. The number of carboxylic acid groups (broad SMARTS) is 1. The number of benzene rings is 1. The van der Waals surface area contributed by atoms with E-state index in [0.29, 0.717) is 6.61 Å². The van der Waals surface area contributed by atoms with Crippen LogP contribution in [0.3, 0.4) is 0 Å². The monoisotopic (exact) mass is 384 g/mol. The topological polar surface area (TPSA) is 46.5 Å². The number of rotatable bonds is 14. The first kappa shape index (κ1) is 22.4. The molecule has 0 fully saturated rings. The molecule has 0 spiro atoms. The molecule has 154 valence electrons. The minimum atomic E-state index is -1.31. The number of carbonyl (C=O) groups is 1. The highest BCUT2D eigenvalue weighted by Gasteiger charge is 2.36. The molecule has 0 radical (unpaired) electrons. The van der Waals surface area contributed by atoms with Crippen molar-refractivity contribution >= 4 is 5.97 Å². The quantitative estimate of drug-likeness (QED) is 0.288. The number of aliphatic carboxylic acids is 1. The standard InChI is InChI=1S/C25H36O3/c1-2-3-4-5-6-7-8-9-10-14-21-28-25(24(26)27)19-17-23(18-20-25)22-15-12-11-13-16-22/h11-13,15-20,23H,2-10,14,21H2,1H3,(H,26,27). The van der Waals surface area contributed by atoms with Crippen LogP contribution in [0.2, 0.25) is 0 Å². The number of hydrogen-bond acceptors (Lipinski definition) is 2. The van der Waals surface area contributed by atoms with Gasteiger partial charge in [-0.2, -0.15) is 0 Å². The molecular formula is C25H36O3. The van der Waals surface area contributed by atoms with Crippen LogP contribution >= 0.6 is 0 Å². The lowest BCUT2D eigenvalue weighted by atomic mass is 9.88. The largest absolute Gasteiger partial charge is 0.479 e. The maximum absolute atomic E-state index is 11.8. The Morgan fingerprint density at radius 2 is 1.43 bits per heavy atom. The summed E-state index contributed by atoms with van der Waals surface area (Å²) >= 11 is 0.